The Morgan fingerprint density at radius 1 is 0.346 bits per heavy atom. The fraction of sp³-hybridized carbons (Fsp3) is 0.945. The van der Waals surface area contributed by atoms with Gasteiger partial charge >= 0.3 is 0 Å². The highest BCUT2D eigenvalue weighted by Crippen LogP contribution is 2.47. The molecule has 20 heteroatoms. The molecule has 0 aliphatic rings. The third-order valence-corrected chi connectivity index (χ3v) is 26.9. The molecule has 0 saturated heterocycles. The predicted octanol–water partition coefficient (Wildman–Crippen LogP) is 32.0. The monoisotopic (exact) mass is 1890 g/mol. The van der Waals surface area contributed by atoms with Crippen molar-refractivity contribution in [2.45, 2.75) is 620 Å². The molecule has 0 aliphatic carbocycles. The van der Waals surface area contributed by atoms with E-state index in [0.717, 1.165) is 64.2 Å². The molecule has 0 radical (unpaired) electrons. The fourth-order valence-electron chi connectivity index (χ4n) is 16.3. The Balaban J connectivity index is -0.000000462. The number of halogens is 2. The first-order chi connectivity index (χ1) is 63.3. The molecule has 778 valence electrons. The second-order valence-corrected chi connectivity index (χ2v) is 40.0. The molecule has 0 rings (SSSR count). The number of alkyl halides is 1. The van der Waals surface area contributed by atoms with Gasteiger partial charge in [-0.15, -0.1) is 0 Å². The van der Waals surface area contributed by atoms with E-state index in [1.807, 2.05) is 0 Å². The van der Waals surface area contributed by atoms with E-state index in [1.54, 1.807) is 0 Å². The molecule has 1 unspecified atom stereocenters. The molecular weight excluding hydrogens is 1660 g/mol. The first-order valence-electron chi connectivity index (χ1n) is 56.2. The van der Waals surface area contributed by atoms with Gasteiger partial charge in [0.05, 0.1) is 39.8 Å². The normalized spacial score (nSPS) is 11.5. The highest BCUT2D eigenvalue weighted by atomic mass is 35.5. The quantitative estimate of drug-likeness (QED) is 0.0160. The molecule has 17 nitrogen and oxygen atoms in total. The van der Waals surface area contributed by atoms with Gasteiger partial charge in [0.15, 0.2) is 0 Å². The van der Waals surface area contributed by atoms with Gasteiger partial charge in [-0.1, -0.05) is 492 Å². The third-order valence-electron chi connectivity index (χ3n) is 24.6. The average molecular weight is 1890 g/mol. The topological polar surface area (TPSA) is 271 Å². The van der Waals surface area contributed by atoms with Gasteiger partial charge in [0.2, 0.25) is 28.9 Å². The van der Waals surface area contributed by atoms with Gasteiger partial charge in [0.1, 0.15) is 6.10 Å². The van der Waals surface area contributed by atoms with Crippen molar-refractivity contribution >= 4 is 49.0 Å². The van der Waals surface area contributed by atoms with Crippen LogP contribution in [0.2, 0.25) is 0 Å². The van der Waals surface area contributed by atoms with Crippen LogP contribution in [0.25, 0.3) is 0 Å². The minimum atomic E-state index is -1.49. The van der Waals surface area contributed by atoms with Crippen LogP contribution in [0.4, 0.5) is 4.39 Å². The number of carbonyl (C=O) groups is 5. The van der Waals surface area contributed by atoms with Crippen molar-refractivity contribution in [1.29, 1.82) is 5.26 Å². The Morgan fingerprint density at radius 2 is 0.523 bits per heavy atom. The van der Waals surface area contributed by atoms with E-state index in [4.69, 9.17) is 43.9 Å². The molecule has 0 heterocycles. The maximum absolute atomic E-state index is 12.9. The minimum absolute atomic E-state index is 0. The van der Waals surface area contributed by atoms with Crippen molar-refractivity contribution in [2.24, 2.45) is 11.5 Å². The summed E-state index contributed by atoms with van der Waals surface area (Å²) in [4.78, 5) is 60.5. The van der Waals surface area contributed by atoms with E-state index in [0.29, 0.717) is 45.2 Å². The lowest BCUT2D eigenvalue weighted by molar-refractivity contribution is -0.123. The summed E-state index contributed by atoms with van der Waals surface area (Å²) in [7, 11) is -2.49. The lowest BCUT2D eigenvalue weighted by Crippen LogP contribution is -2.43. The lowest BCUT2D eigenvalue weighted by atomic mass is 10.0. The second-order valence-electron chi connectivity index (χ2n) is 38.1. The first kappa shape index (κ1) is 136. The van der Waals surface area contributed by atoms with Gasteiger partial charge in [0.25, 0.3) is 8.53 Å². The molecule has 4 amide bonds. The fourth-order valence-corrected chi connectivity index (χ4v) is 18.1. The molecule has 0 bridgehead atoms. The van der Waals surface area contributed by atoms with E-state index in [2.05, 4.69) is 94.3 Å². The van der Waals surface area contributed by atoms with E-state index in [9.17, 15) is 33.5 Å². The van der Waals surface area contributed by atoms with Crippen LogP contribution in [0.5, 0.6) is 0 Å². The van der Waals surface area contributed by atoms with Crippen molar-refractivity contribution in [3.05, 3.63) is 0 Å². The summed E-state index contributed by atoms with van der Waals surface area (Å²) in [6.45, 7) is 21.6. The highest BCUT2D eigenvalue weighted by molar-refractivity contribution is 7.44. The van der Waals surface area contributed by atoms with Crippen LogP contribution in [0.15, 0.2) is 0 Å². The smallest absolute Gasteiger partial charge is 0.259 e. The van der Waals surface area contributed by atoms with Gasteiger partial charge in [-0.3, -0.25) is 28.4 Å². The SMILES string of the molecule is C.CCCCCCCCCCCCCCCCCC(=O)Cl.CCCCCCCCCCCCCCCCCC(=O)NCC(CNC(=O)CCCCCCCCCCCCCCCCC)OP(OCCC#N)N(C(C)C)C(C)C.CCCCCCCCCCCCCCCCCC(=O)NCC(O)CNC(=O)CCCCCCCCCCCCCCCCC.NCC(O)CN.[2H]CF. The third kappa shape index (κ3) is 120. The van der Waals surface area contributed by atoms with Crippen molar-refractivity contribution in [3.63, 3.8) is 0 Å². The molecule has 1 atom stereocenters. The molecule has 0 spiro atoms. The number of nitrogens with one attached hydrogen (secondary N) is 4. The van der Waals surface area contributed by atoms with Crippen molar-refractivity contribution < 1.29 is 49.0 Å². The van der Waals surface area contributed by atoms with E-state index >= 15 is 0 Å². The van der Waals surface area contributed by atoms with Crippen molar-refractivity contribution in [3.8, 4) is 6.07 Å². The number of carbonyl (C=O) groups excluding carboxylic acids is 5. The number of aliphatic hydroxyl groups excluding tert-OH is 2. The number of hydrogen-bond acceptors (Lipinski definition) is 13. The zero-order valence-electron chi connectivity index (χ0n) is 87.8. The lowest BCUT2D eigenvalue weighted by Gasteiger charge is -2.37. The summed E-state index contributed by atoms with van der Waals surface area (Å²) in [5.41, 5.74) is 9.91. The standard InChI is InChI=1S/C48H95N4O4P.C39H78N2O3.C18H35ClO.C3H10N2O.CH3F.CH4/c1-7-9-11-13-15-17-19-21-23-25-27-29-31-33-35-38-47(53)50-42-46(56-57(55-41-37-40-49)52(44(3)4)45(5)6)43-51-48(54)39-36-34-32-30-28-26-24-22-20-18-16-14-12-10-8-2;1-3-5-7-9-11-13-15-17-19-21-23-25-27-29-31-33-38(43)40-35-37(42)36-41-39(44)34-32-30-28-26-24-22-20-18-16-14-12-10-8-6-4-2;1-2-3-4-5-6-7-8-9-10-11-12-13-14-15-16-17-18(19)20;4-1-3(6)2-5;1-2;/h44-46H,7-39,41-43H2,1-6H3,(H,50,53)(H,51,54);37,42H,3-36H2,1-2H3,(H,40,43)(H,41,44);2-17H2,1H3;3,6H,1-2,4-5H2;1H3;1H4/i;;;;1D;. The largest absolute Gasteiger partial charge is 0.390 e. The number of rotatable bonds is 98. The van der Waals surface area contributed by atoms with Crippen LogP contribution in [0, 0.1) is 11.3 Å². The Morgan fingerprint density at radius 3 is 0.685 bits per heavy atom. The number of nitrogens with two attached hydrogens (primary N) is 2. The van der Waals surface area contributed by atoms with Crippen LogP contribution < -0.4 is 32.7 Å². The Kier molecular flexibility index (Phi) is 126. The molecule has 0 fully saturated rings. The minimum Gasteiger partial charge on any atom is -0.390 e. The molecule has 10 N–H and O–H groups in total. The van der Waals surface area contributed by atoms with Crippen LogP contribution in [-0.4, -0.2) is 127 Å². The van der Waals surface area contributed by atoms with Gasteiger partial charge in [-0.25, -0.2) is 4.67 Å². The number of aliphatic hydroxyl groups is 2. The zero-order chi connectivity index (χ0) is 96.8. The molecule has 130 heavy (non-hydrogen) atoms. The maximum atomic E-state index is 12.9. The van der Waals surface area contributed by atoms with Crippen LogP contribution >= 0.6 is 20.1 Å². The molecule has 0 saturated carbocycles. The Labute approximate surface area is 815 Å². The van der Waals surface area contributed by atoms with Crippen LogP contribution in [-0.2, 0) is 33.0 Å². The van der Waals surface area contributed by atoms with Gasteiger partial charge < -0.3 is 52.0 Å². The van der Waals surface area contributed by atoms with Crippen LogP contribution in [0.1, 0.15) is 591 Å². The van der Waals surface area contributed by atoms with E-state index < -0.39 is 34.0 Å². The Bertz CT molecular complexity index is 2180. The van der Waals surface area contributed by atoms with Crippen molar-refractivity contribution in [1.82, 2.24) is 25.9 Å². The number of hydrogen-bond donors (Lipinski definition) is 8. The van der Waals surface area contributed by atoms with E-state index in [1.165, 1.54) is 417 Å². The predicted molar refractivity (Wildman–Crippen MR) is 565 cm³/mol. The second kappa shape index (κ2) is 121. The van der Waals surface area contributed by atoms with Crippen molar-refractivity contribution in [2.75, 3.05) is 53.0 Å². The summed E-state index contributed by atoms with van der Waals surface area (Å²) in [6, 6.07) is 2.49. The molecular formula is C110H225ClFN8O9P. The summed E-state index contributed by atoms with van der Waals surface area (Å²) in [6.07, 6.45) is 100. The summed E-state index contributed by atoms with van der Waals surface area (Å²) in [5.74, 6) is 0.0641. The molecule has 0 aromatic heterocycles. The van der Waals surface area contributed by atoms with E-state index in [-0.39, 0.29) is 87.6 Å². The first-order valence-corrected chi connectivity index (χ1v) is 57.0. The number of amides is 4. The molecule has 0 aromatic rings. The number of nitrogens with zero attached hydrogens (tertiary/aromatic N) is 2. The Hall–Kier alpha value is -2.59. The number of nitriles is 1. The van der Waals surface area contributed by atoms with Gasteiger partial charge in [-0.2, -0.15) is 5.26 Å². The average Bonchev–Trinajstić information content (AvgIpc) is 0.861. The summed E-state index contributed by atoms with van der Waals surface area (Å²) in [5, 5.41) is 39.3. The number of unbranched alkanes of at least 4 members (excludes halogenated alkanes) is 70. The maximum Gasteiger partial charge on any atom is 0.259 e. The van der Waals surface area contributed by atoms with Crippen LogP contribution in [0.3, 0.4) is 0 Å². The highest BCUT2D eigenvalue weighted by Gasteiger charge is 2.31. The van der Waals surface area contributed by atoms with Gasteiger partial charge in [-0.05, 0) is 71.4 Å². The summed E-state index contributed by atoms with van der Waals surface area (Å²) < 4.78 is 30.4. The zero-order valence-corrected chi connectivity index (χ0v) is 88.5. The molecule has 0 aliphatic heterocycles. The summed E-state index contributed by atoms with van der Waals surface area (Å²) >= 11 is 5.30. The molecule has 0 aromatic carbocycles. The van der Waals surface area contributed by atoms with Gasteiger partial charge in [0, 0.05) is 83.5 Å².